The topological polar surface area (TPSA) is 34.9 Å². The maximum Gasteiger partial charge on any atom is 0.279 e. The second-order valence-electron chi connectivity index (χ2n) is 4.20. The van der Waals surface area contributed by atoms with E-state index in [0.29, 0.717) is 5.56 Å². The average Bonchev–Trinajstić information content (AvgIpc) is 2.64. The number of carbonyl (C=O) groups excluding carboxylic acids is 1. The van der Waals surface area contributed by atoms with E-state index in [0.717, 1.165) is 27.8 Å². The Kier molecular flexibility index (Phi) is 3.66. The normalized spacial score (nSPS) is 10.7. The number of aromatic nitrogens is 2. The molecule has 0 unspecified atom stereocenters. The molecule has 0 bridgehead atoms. The molecule has 0 radical (unpaired) electrons. The molecule has 1 aromatic carbocycles. The zero-order valence-electron chi connectivity index (χ0n) is 10.7. The number of aryl methyl sites for hydroxylation is 1. The molecule has 18 heavy (non-hydrogen) atoms. The molecular weight excluding hydrogens is 292 g/mol. The van der Waals surface area contributed by atoms with Gasteiger partial charge in [-0.3, -0.25) is 4.79 Å². The Labute approximate surface area is 115 Å². The van der Waals surface area contributed by atoms with Crippen LogP contribution >= 0.6 is 15.9 Å². The van der Waals surface area contributed by atoms with Gasteiger partial charge in [0.05, 0.1) is 11.3 Å². The number of rotatable bonds is 2. The highest BCUT2D eigenvalue weighted by Crippen LogP contribution is 2.20. The molecule has 0 saturated heterocycles. The standard InChI is InChI=1S/C14H15BrN2O/c1-4-11-9(2)16-17(10(11)3)14(18)12-7-5-6-8-13(12)15/h5-8H,4H2,1-3H3. The van der Waals surface area contributed by atoms with Crippen LogP contribution in [0, 0.1) is 13.8 Å². The van der Waals surface area contributed by atoms with Gasteiger partial charge >= 0.3 is 0 Å². The highest BCUT2D eigenvalue weighted by atomic mass is 79.9. The lowest BCUT2D eigenvalue weighted by molar-refractivity contribution is 0.0941. The van der Waals surface area contributed by atoms with Crippen LogP contribution in [0.5, 0.6) is 0 Å². The van der Waals surface area contributed by atoms with Crippen molar-refractivity contribution in [2.24, 2.45) is 0 Å². The summed E-state index contributed by atoms with van der Waals surface area (Å²) in [7, 11) is 0. The van der Waals surface area contributed by atoms with E-state index in [1.54, 1.807) is 6.07 Å². The van der Waals surface area contributed by atoms with E-state index in [1.807, 2.05) is 32.0 Å². The second kappa shape index (κ2) is 5.06. The Balaban J connectivity index is 2.51. The SMILES string of the molecule is CCc1c(C)nn(C(=O)c2ccccc2Br)c1C. The minimum absolute atomic E-state index is 0.0947. The van der Waals surface area contributed by atoms with Crippen molar-refractivity contribution in [2.75, 3.05) is 0 Å². The van der Waals surface area contributed by atoms with Gasteiger partial charge in [-0.1, -0.05) is 19.1 Å². The van der Waals surface area contributed by atoms with Crippen LogP contribution in [-0.4, -0.2) is 15.7 Å². The summed E-state index contributed by atoms with van der Waals surface area (Å²) in [4.78, 5) is 12.4. The molecule has 0 amide bonds. The van der Waals surface area contributed by atoms with Gasteiger partial charge in [-0.25, -0.2) is 4.68 Å². The maximum atomic E-state index is 12.4. The number of nitrogens with zero attached hydrogens (tertiary/aromatic N) is 2. The summed E-state index contributed by atoms with van der Waals surface area (Å²) in [5.41, 5.74) is 3.63. The van der Waals surface area contributed by atoms with Gasteiger partial charge in [0.2, 0.25) is 0 Å². The molecule has 0 aliphatic carbocycles. The summed E-state index contributed by atoms with van der Waals surface area (Å²) < 4.78 is 2.29. The zero-order chi connectivity index (χ0) is 13.3. The predicted molar refractivity (Wildman–Crippen MR) is 74.9 cm³/mol. The minimum Gasteiger partial charge on any atom is -0.267 e. The lowest BCUT2D eigenvalue weighted by Gasteiger charge is -2.05. The lowest BCUT2D eigenvalue weighted by Crippen LogP contribution is -2.16. The number of hydrogen-bond acceptors (Lipinski definition) is 2. The fourth-order valence-corrected chi connectivity index (χ4v) is 2.59. The molecule has 0 atom stereocenters. The summed E-state index contributed by atoms with van der Waals surface area (Å²) in [5, 5.41) is 4.34. The molecule has 1 heterocycles. The van der Waals surface area contributed by atoms with Gasteiger partial charge in [0.15, 0.2) is 0 Å². The van der Waals surface area contributed by atoms with E-state index in [4.69, 9.17) is 0 Å². The highest BCUT2D eigenvalue weighted by molar-refractivity contribution is 9.10. The first kappa shape index (κ1) is 13.0. The molecule has 0 aliphatic heterocycles. The Bertz CT molecular complexity index is 602. The van der Waals surface area contributed by atoms with Gasteiger partial charge in [0.1, 0.15) is 0 Å². The molecule has 0 aliphatic rings. The largest absolute Gasteiger partial charge is 0.279 e. The molecular formula is C14H15BrN2O. The molecule has 0 saturated carbocycles. The molecule has 1 aromatic heterocycles. The van der Waals surface area contributed by atoms with Crippen molar-refractivity contribution in [1.82, 2.24) is 9.78 Å². The van der Waals surface area contributed by atoms with Gasteiger partial charge in [-0.15, -0.1) is 0 Å². The molecule has 3 nitrogen and oxygen atoms in total. The second-order valence-corrected chi connectivity index (χ2v) is 5.05. The van der Waals surface area contributed by atoms with Crippen LogP contribution in [0.4, 0.5) is 0 Å². The van der Waals surface area contributed by atoms with Crippen LogP contribution in [0.3, 0.4) is 0 Å². The van der Waals surface area contributed by atoms with E-state index in [9.17, 15) is 4.79 Å². The summed E-state index contributed by atoms with van der Waals surface area (Å²) in [6, 6.07) is 7.40. The summed E-state index contributed by atoms with van der Waals surface area (Å²) in [6.45, 7) is 5.95. The Morgan fingerprint density at radius 3 is 2.56 bits per heavy atom. The van der Waals surface area contributed by atoms with Crippen molar-refractivity contribution >= 4 is 21.8 Å². The molecule has 0 fully saturated rings. The van der Waals surface area contributed by atoms with Crippen molar-refractivity contribution < 1.29 is 4.79 Å². The van der Waals surface area contributed by atoms with Crippen LogP contribution in [0.15, 0.2) is 28.7 Å². The van der Waals surface area contributed by atoms with Gasteiger partial charge in [0.25, 0.3) is 5.91 Å². The first-order valence-electron chi connectivity index (χ1n) is 5.90. The average molecular weight is 307 g/mol. The summed E-state index contributed by atoms with van der Waals surface area (Å²) in [6.07, 6.45) is 0.890. The van der Waals surface area contributed by atoms with E-state index >= 15 is 0 Å². The van der Waals surface area contributed by atoms with Crippen molar-refractivity contribution in [3.8, 4) is 0 Å². The van der Waals surface area contributed by atoms with Crippen molar-refractivity contribution in [2.45, 2.75) is 27.2 Å². The minimum atomic E-state index is -0.0947. The number of halogens is 1. The zero-order valence-corrected chi connectivity index (χ0v) is 12.3. The van der Waals surface area contributed by atoms with Crippen LogP contribution in [0.1, 0.15) is 34.2 Å². The monoisotopic (exact) mass is 306 g/mol. The van der Waals surface area contributed by atoms with Crippen molar-refractivity contribution in [3.05, 3.63) is 51.3 Å². The first-order chi connectivity index (χ1) is 8.56. The van der Waals surface area contributed by atoms with Crippen LogP contribution in [-0.2, 0) is 6.42 Å². The van der Waals surface area contributed by atoms with Gasteiger partial charge in [-0.05, 0) is 53.9 Å². The van der Waals surface area contributed by atoms with Crippen molar-refractivity contribution in [1.29, 1.82) is 0 Å². The van der Waals surface area contributed by atoms with Gasteiger partial charge in [0, 0.05) is 10.2 Å². The Hall–Kier alpha value is -1.42. The third kappa shape index (κ3) is 2.12. The summed E-state index contributed by atoms with van der Waals surface area (Å²) in [5.74, 6) is -0.0947. The molecule has 94 valence electrons. The number of hydrogen-bond donors (Lipinski definition) is 0. The third-order valence-electron chi connectivity index (χ3n) is 3.09. The van der Waals surface area contributed by atoms with Gasteiger partial charge in [-0.2, -0.15) is 5.10 Å². The first-order valence-corrected chi connectivity index (χ1v) is 6.69. The smallest absolute Gasteiger partial charge is 0.267 e. The molecule has 2 aromatic rings. The number of benzene rings is 1. The van der Waals surface area contributed by atoms with E-state index in [2.05, 4.69) is 28.0 Å². The quantitative estimate of drug-likeness (QED) is 0.851. The highest BCUT2D eigenvalue weighted by Gasteiger charge is 2.18. The molecule has 2 rings (SSSR count). The van der Waals surface area contributed by atoms with Crippen LogP contribution < -0.4 is 0 Å². The van der Waals surface area contributed by atoms with Crippen LogP contribution in [0.2, 0.25) is 0 Å². The third-order valence-corrected chi connectivity index (χ3v) is 3.78. The van der Waals surface area contributed by atoms with Crippen LogP contribution in [0.25, 0.3) is 0 Å². The number of carbonyl (C=O) groups is 1. The fraction of sp³-hybridized carbons (Fsp3) is 0.286. The van der Waals surface area contributed by atoms with Crippen molar-refractivity contribution in [3.63, 3.8) is 0 Å². The molecule has 0 spiro atoms. The van der Waals surface area contributed by atoms with E-state index in [-0.39, 0.29) is 5.91 Å². The Morgan fingerprint density at radius 1 is 1.33 bits per heavy atom. The Morgan fingerprint density at radius 2 is 2.00 bits per heavy atom. The van der Waals surface area contributed by atoms with Gasteiger partial charge < -0.3 is 0 Å². The maximum absolute atomic E-state index is 12.4. The van der Waals surface area contributed by atoms with E-state index < -0.39 is 0 Å². The molecule has 0 N–H and O–H groups in total. The lowest BCUT2D eigenvalue weighted by atomic mass is 10.1. The fourth-order valence-electron chi connectivity index (χ4n) is 2.13. The van der Waals surface area contributed by atoms with E-state index in [1.165, 1.54) is 4.68 Å². The summed E-state index contributed by atoms with van der Waals surface area (Å²) >= 11 is 3.40. The predicted octanol–water partition coefficient (Wildman–Crippen LogP) is 3.51. The molecule has 4 heteroatoms.